The van der Waals surface area contributed by atoms with E-state index in [1.165, 1.54) is 25.8 Å². The van der Waals surface area contributed by atoms with E-state index in [9.17, 15) is 4.79 Å². The highest BCUT2D eigenvalue weighted by atomic mass is 16.5. The molecule has 0 bridgehead atoms. The zero-order valence-corrected chi connectivity index (χ0v) is 18.1. The van der Waals surface area contributed by atoms with Gasteiger partial charge in [-0.2, -0.15) is 0 Å². The molecule has 5 nitrogen and oxygen atoms in total. The van der Waals surface area contributed by atoms with Crippen molar-refractivity contribution in [3.63, 3.8) is 0 Å². The number of nitrogens with one attached hydrogen (secondary N) is 1. The Labute approximate surface area is 170 Å². The molecule has 5 heteroatoms. The number of nitrogens with zero attached hydrogens (tertiary/aromatic N) is 1. The summed E-state index contributed by atoms with van der Waals surface area (Å²) in [7, 11) is 0. The molecule has 0 spiro atoms. The Kier molecular flexibility index (Phi) is 9.26. The summed E-state index contributed by atoms with van der Waals surface area (Å²) in [6.07, 6.45) is 6.62. The van der Waals surface area contributed by atoms with Gasteiger partial charge in [0.1, 0.15) is 11.4 Å². The predicted octanol–water partition coefficient (Wildman–Crippen LogP) is 4.86. The Balaban J connectivity index is 1.77. The molecule has 1 amide bonds. The smallest absolute Gasteiger partial charge is 0.256 e. The van der Waals surface area contributed by atoms with Gasteiger partial charge in [-0.3, -0.25) is 4.79 Å². The molecule has 1 aliphatic heterocycles. The molecule has 0 saturated carbocycles. The van der Waals surface area contributed by atoms with Gasteiger partial charge in [0.15, 0.2) is 0 Å². The Morgan fingerprint density at radius 2 is 2.00 bits per heavy atom. The SMILES string of the molecule is CCC[C@@](C)(OCC)C(=O)Nc1ccc(OCCCN2CCCC[C@H]2C)cc1. The van der Waals surface area contributed by atoms with Crippen LogP contribution in [0.25, 0.3) is 0 Å². The van der Waals surface area contributed by atoms with Gasteiger partial charge in [0, 0.05) is 24.9 Å². The van der Waals surface area contributed by atoms with Gasteiger partial charge in [-0.25, -0.2) is 0 Å². The van der Waals surface area contributed by atoms with E-state index in [2.05, 4.69) is 24.1 Å². The summed E-state index contributed by atoms with van der Waals surface area (Å²) in [5.41, 5.74) is -0.0221. The van der Waals surface area contributed by atoms with Crippen LogP contribution in [0.1, 0.15) is 66.2 Å². The molecule has 2 rings (SSSR count). The molecule has 158 valence electrons. The number of piperidine rings is 1. The summed E-state index contributed by atoms with van der Waals surface area (Å²) in [5.74, 6) is 0.742. The summed E-state index contributed by atoms with van der Waals surface area (Å²) in [6.45, 7) is 11.7. The summed E-state index contributed by atoms with van der Waals surface area (Å²) in [4.78, 5) is 15.2. The number of carbonyl (C=O) groups is 1. The van der Waals surface area contributed by atoms with E-state index in [1.54, 1.807) is 0 Å². The number of carbonyl (C=O) groups excluding carboxylic acids is 1. The van der Waals surface area contributed by atoms with Gasteiger partial charge in [0.05, 0.1) is 6.61 Å². The van der Waals surface area contributed by atoms with E-state index in [4.69, 9.17) is 9.47 Å². The molecule has 1 saturated heterocycles. The van der Waals surface area contributed by atoms with E-state index < -0.39 is 5.60 Å². The number of rotatable bonds is 11. The Morgan fingerprint density at radius 3 is 2.64 bits per heavy atom. The van der Waals surface area contributed by atoms with Crippen LogP contribution in [0.15, 0.2) is 24.3 Å². The average Bonchev–Trinajstić information content (AvgIpc) is 2.68. The maximum atomic E-state index is 12.6. The summed E-state index contributed by atoms with van der Waals surface area (Å²) < 4.78 is 11.6. The molecule has 0 radical (unpaired) electrons. The van der Waals surface area contributed by atoms with Crippen LogP contribution in [0.5, 0.6) is 5.75 Å². The summed E-state index contributed by atoms with van der Waals surface area (Å²) in [5, 5.41) is 2.97. The fourth-order valence-corrected chi connectivity index (χ4v) is 3.89. The van der Waals surface area contributed by atoms with Crippen LogP contribution in [-0.4, -0.2) is 48.8 Å². The van der Waals surface area contributed by atoms with Gasteiger partial charge in [-0.05, 0) is 77.3 Å². The first kappa shape index (κ1) is 22.7. The van der Waals surface area contributed by atoms with Crippen LogP contribution >= 0.6 is 0 Å². The first-order valence-corrected chi connectivity index (χ1v) is 10.9. The highest BCUT2D eigenvalue weighted by Crippen LogP contribution is 2.22. The topological polar surface area (TPSA) is 50.8 Å². The summed E-state index contributed by atoms with van der Waals surface area (Å²) in [6, 6.07) is 8.30. The van der Waals surface area contributed by atoms with Crippen LogP contribution in [0.3, 0.4) is 0 Å². The maximum absolute atomic E-state index is 12.6. The third-order valence-corrected chi connectivity index (χ3v) is 5.58. The normalized spacial score (nSPS) is 19.8. The van der Waals surface area contributed by atoms with Crippen LogP contribution in [0.2, 0.25) is 0 Å². The monoisotopic (exact) mass is 390 g/mol. The fourth-order valence-electron chi connectivity index (χ4n) is 3.89. The molecular formula is C23H38N2O3. The standard InChI is InChI=1S/C23H38N2O3/c1-5-15-23(4,28-6-2)22(26)24-20-11-13-21(14-12-20)27-18-9-17-25-16-8-7-10-19(25)3/h11-14,19H,5-10,15-18H2,1-4H3,(H,24,26)/t19-,23-/m1/s1. The van der Waals surface area contributed by atoms with Crippen LogP contribution in [0, 0.1) is 0 Å². The highest BCUT2D eigenvalue weighted by Gasteiger charge is 2.32. The van der Waals surface area contributed by atoms with Crippen molar-refractivity contribution in [2.24, 2.45) is 0 Å². The molecule has 1 aliphatic rings. The Morgan fingerprint density at radius 1 is 1.25 bits per heavy atom. The predicted molar refractivity (Wildman–Crippen MR) is 115 cm³/mol. The first-order chi connectivity index (χ1) is 13.5. The van der Waals surface area contributed by atoms with Crippen LogP contribution in [-0.2, 0) is 9.53 Å². The zero-order valence-electron chi connectivity index (χ0n) is 18.1. The van der Waals surface area contributed by atoms with Gasteiger partial charge in [-0.1, -0.05) is 19.8 Å². The number of ether oxygens (including phenoxy) is 2. The molecule has 0 aromatic heterocycles. The lowest BCUT2D eigenvalue weighted by atomic mass is 9.99. The lowest BCUT2D eigenvalue weighted by molar-refractivity contribution is -0.139. The van der Waals surface area contributed by atoms with Crippen molar-refractivity contribution in [3.8, 4) is 5.75 Å². The Bertz CT molecular complexity index is 582. The van der Waals surface area contributed by atoms with E-state index in [1.807, 2.05) is 38.1 Å². The minimum absolute atomic E-state index is 0.0967. The number of hydrogen-bond acceptors (Lipinski definition) is 4. The van der Waals surface area contributed by atoms with E-state index in [-0.39, 0.29) is 5.91 Å². The van der Waals surface area contributed by atoms with E-state index >= 15 is 0 Å². The number of benzene rings is 1. The van der Waals surface area contributed by atoms with Crippen molar-refractivity contribution < 1.29 is 14.3 Å². The van der Waals surface area contributed by atoms with Gasteiger partial charge in [-0.15, -0.1) is 0 Å². The minimum Gasteiger partial charge on any atom is -0.494 e. The molecule has 1 heterocycles. The molecule has 1 aromatic rings. The molecule has 1 N–H and O–H groups in total. The average molecular weight is 391 g/mol. The molecule has 1 fully saturated rings. The second-order valence-corrected chi connectivity index (χ2v) is 7.98. The maximum Gasteiger partial charge on any atom is 0.256 e. The minimum atomic E-state index is -0.787. The zero-order chi connectivity index (χ0) is 20.4. The van der Waals surface area contributed by atoms with Crippen molar-refractivity contribution in [1.29, 1.82) is 0 Å². The van der Waals surface area contributed by atoms with Gasteiger partial charge in [0.2, 0.25) is 0 Å². The highest BCUT2D eigenvalue weighted by molar-refractivity contribution is 5.97. The lowest BCUT2D eigenvalue weighted by Gasteiger charge is -2.33. The quantitative estimate of drug-likeness (QED) is 0.548. The van der Waals surface area contributed by atoms with Crippen molar-refractivity contribution in [2.45, 2.75) is 77.9 Å². The molecule has 28 heavy (non-hydrogen) atoms. The molecular weight excluding hydrogens is 352 g/mol. The number of amides is 1. The third-order valence-electron chi connectivity index (χ3n) is 5.58. The van der Waals surface area contributed by atoms with E-state index in [0.717, 1.165) is 30.8 Å². The largest absolute Gasteiger partial charge is 0.494 e. The second-order valence-electron chi connectivity index (χ2n) is 7.98. The Hall–Kier alpha value is -1.59. The van der Waals surface area contributed by atoms with Crippen molar-refractivity contribution >= 4 is 11.6 Å². The number of anilines is 1. The summed E-state index contributed by atoms with van der Waals surface area (Å²) >= 11 is 0. The van der Waals surface area contributed by atoms with E-state index in [0.29, 0.717) is 25.7 Å². The van der Waals surface area contributed by atoms with Crippen LogP contribution < -0.4 is 10.1 Å². The fraction of sp³-hybridized carbons (Fsp3) is 0.696. The lowest BCUT2D eigenvalue weighted by Crippen LogP contribution is -2.42. The van der Waals surface area contributed by atoms with Gasteiger partial charge < -0.3 is 19.7 Å². The van der Waals surface area contributed by atoms with Gasteiger partial charge in [0.25, 0.3) is 5.91 Å². The van der Waals surface area contributed by atoms with Crippen molar-refractivity contribution in [1.82, 2.24) is 4.90 Å². The molecule has 0 aliphatic carbocycles. The van der Waals surface area contributed by atoms with Crippen molar-refractivity contribution in [2.75, 3.05) is 31.6 Å². The second kappa shape index (κ2) is 11.4. The number of hydrogen-bond donors (Lipinski definition) is 1. The van der Waals surface area contributed by atoms with Gasteiger partial charge >= 0.3 is 0 Å². The van der Waals surface area contributed by atoms with Crippen LogP contribution in [0.4, 0.5) is 5.69 Å². The molecule has 0 unspecified atom stereocenters. The van der Waals surface area contributed by atoms with Crippen molar-refractivity contribution in [3.05, 3.63) is 24.3 Å². The third kappa shape index (κ3) is 6.78. The first-order valence-electron chi connectivity index (χ1n) is 10.9. The molecule has 2 atom stereocenters. The number of likely N-dealkylation sites (tertiary alicyclic amines) is 1. The molecule has 1 aromatic carbocycles.